The van der Waals surface area contributed by atoms with Gasteiger partial charge in [-0.05, 0) is 13.8 Å². The summed E-state index contributed by atoms with van der Waals surface area (Å²) >= 11 is 0. The molecule has 70 valence electrons. The average Bonchev–Trinajstić information content (AvgIpc) is 2.12. The fourth-order valence-electron chi connectivity index (χ4n) is 2.54. The van der Waals surface area contributed by atoms with Gasteiger partial charge in [-0.2, -0.15) is 0 Å². The number of hydrogen-bond acceptors (Lipinski definition) is 3. The van der Waals surface area contributed by atoms with Crippen LogP contribution in [0.5, 0.6) is 0 Å². The van der Waals surface area contributed by atoms with Crippen molar-refractivity contribution in [3.63, 3.8) is 0 Å². The molecule has 4 unspecified atom stereocenters. The lowest BCUT2D eigenvalue weighted by molar-refractivity contribution is -0.0768. The lowest BCUT2D eigenvalue weighted by Gasteiger charge is -2.54. The van der Waals surface area contributed by atoms with Crippen molar-refractivity contribution in [2.24, 2.45) is 0 Å². The summed E-state index contributed by atoms with van der Waals surface area (Å²) in [4.78, 5) is 4.94. The monoisotopic (exact) mass is 170 g/mol. The molecule has 0 aromatic carbocycles. The van der Waals surface area contributed by atoms with Gasteiger partial charge in [0.05, 0.1) is 6.61 Å². The third-order valence-electron chi connectivity index (χ3n) is 3.57. The maximum absolute atomic E-state index is 9.15. The number of nitrogens with zero attached hydrogens (tertiary/aromatic N) is 2. The van der Waals surface area contributed by atoms with Gasteiger partial charge in [0, 0.05) is 37.8 Å². The standard InChI is InChI=1S/C9H18N2O/c1-7-8(2)11-4-3-10(7)5-9(11)6-12/h7-9,12H,3-6H2,1-2H3/t7-,8?,9?/m1/s1. The molecule has 3 fully saturated rings. The molecule has 0 aromatic rings. The van der Waals surface area contributed by atoms with Gasteiger partial charge in [0.25, 0.3) is 0 Å². The zero-order chi connectivity index (χ0) is 8.72. The molecule has 0 spiro atoms. The van der Waals surface area contributed by atoms with Crippen LogP contribution in [0.4, 0.5) is 0 Å². The van der Waals surface area contributed by atoms with Crippen molar-refractivity contribution >= 4 is 0 Å². The third kappa shape index (κ3) is 1.08. The summed E-state index contributed by atoms with van der Waals surface area (Å²) in [7, 11) is 0. The van der Waals surface area contributed by atoms with Crippen LogP contribution in [-0.2, 0) is 0 Å². The number of aliphatic hydroxyl groups is 1. The summed E-state index contributed by atoms with van der Waals surface area (Å²) in [6.07, 6.45) is 0. The van der Waals surface area contributed by atoms with Crippen LogP contribution in [0.25, 0.3) is 0 Å². The minimum atomic E-state index is 0.313. The normalized spacial score (nSPS) is 52.8. The molecule has 0 saturated carbocycles. The fourth-order valence-corrected chi connectivity index (χ4v) is 2.54. The van der Waals surface area contributed by atoms with Gasteiger partial charge in [0.1, 0.15) is 0 Å². The van der Waals surface area contributed by atoms with E-state index in [2.05, 4.69) is 23.6 Å². The van der Waals surface area contributed by atoms with Gasteiger partial charge in [0.2, 0.25) is 0 Å². The van der Waals surface area contributed by atoms with Crippen molar-refractivity contribution < 1.29 is 5.11 Å². The highest BCUT2D eigenvalue weighted by Crippen LogP contribution is 2.25. The van der Waals surface area contributed by atoms with Crippen LogP contribution in [-0.4, -0.2) is 59.3 Å². The molecule has 3 nitrogen and oxygen atoms in total. The minimum Gasteiger partial charge on any atom is -0.395 e. The molecule has 3 rings (SSSR count). The number of aliphatic hydroxyl groups excluding tert-OH is 1. The lowest BCUT2D eigenvalue weighted by atomic mass is 9.96. The number of hydrogen-bond donors (Lipinski definition) is 1. The maximum atomic E-state index is 9.15. The van der Waals surface area contributed by atoms with Crippen molar-refractivity contribution in [2.75, 3.05) is 26.2 Å². The molecule has 0 aliphatic carbocycles. The van der Waals surface area contributed by atoms with Crippen molar-refractivity contribution in [1.82, 2.24) is 9.80 Å². The molecule has 12 heavy (non-hydrogen) atoms. The molecule has 3 aliphatic rings. The van der Waals surface area contributed by atoms with Crippen LogP contribution in [0.1, 0.15) is 13.8 Å². The zero-order valence-electron chi connectivity index (χ0n) is 7.90. The zero-order valence-corrected chi connectivity index (χ0v) is 7.90. The molecule has 0 radical (unpaired) electrons. The van der Waals surface area contributed by atoms with E-state index in [0.29, 0.717) is 24.7 Å². The quantitative estimate of drug-likeness (QED) is 0.588. The van der Waals surface area contributed by atoms with Crippen molar-refractivity contribution in [2.45, 2.75) is 32.0 Å². The van der Waals surface area contributed by atoms with Crippen LogP contribution < -0.4 is 0 Å². The smallest absolute Gasteiger partial charge is 0.0599 e. The van der Waals surface area contributed by atoms with E-state index in [1.165, 1.54) is 6.54 Å². The highest BCUT2D eigenvalue weighted by Gasteiger charge is 2.40. The first-order valence-corrected chi connectivity index (χ1v) is 4.84. The molecule has 3 heteroatoms. The Morgan fingerprint density at radius 2 is 2.00 bits per heavy atom. The first-order valence-electron chi connectivity index (χ1n) is 4.84. The Morgan fingerprint density at radius 3 is 2.58 bits per heavy atom. The SMILES string of the molecule is CC1[C@@H](C)N2CCN1C(CO)C2. The molecule has 3 aliphatic heterocycles. The molecular formula is C9H18N2O. The highest BCUT2D eigenvalue weighted by molar-refractivity contribution is 4.96. The van der Waals surface area contributed by atoms with Gasteiger partial charge < -0.3 is 5.11 Å². The summed E-state index contributed by atoms with van der Waals surface area (Å²) in [6.45, 7) is 8.23. The first-order chi connectivity index (χ1) is 5.74. The van der Waals surface area contributed by atoms with E-state index in [1.807, 2.05) is 0 Å². The summed E-state index contributed by atoms with van der Waals surface area (Å²) in [5.41, 5.74) is 0. The summed E-state index contributed by atoms with van der Waals surface area (Å²) in [6, 6.07) is 1.68. The Kier molecular flexibility index (Phi) is 2.10. The maximum Gasteiger partial charge on any atom is 0.0599 e. The first kappa shape index (κ1) is 8.48. The largest absolute Gasteiger partial charge is 0.395 e. The van der Waals surface area contributed by atoms with Crippen molar-refractivity contribution in [1.29, 1.82) is 0 Å². The predicted octanol–water partition coefficient (Wildman–Crippen LogP) is -0.245. The van der Waals surface area contributed by atoms with E-state index in [-0.39, 0.29) is 0 Å². The van der Waals surface area contributed by atoms with E-state index < -0.39 is 0 Å². The second-order valence-corrected chi connectivity index (χ2v) is 4.05. The van der Waals surface area contributed by atoms with Crippen LogP contribution in [0.15, 0.2) is 0 Å². The fraction of sp³-hybridized carbons (Fsp3) is 1.00. The summed E-state index contributed by atoms with van der Waals surface area (Å²) < 4.78 is 0. The second-order valence-electron chi connectivity index (χ2n) is 4.05. The molecule has 3 heterocycles. The van der Waals surface area contributed by atoms with Crippen LogP contribution in [0.2, 0.25) is 0 Å². The Morgan fingerprint density at radius 1 is 1.25 bits per heavy atom. The van der Waals surface area contributed by atoms with Gasteiger partial charge >= 0.3 is 0 Å². The molecule has 0 amide bonds. The van der Waals surface area contributed by atoms with E-state index >= 15 is 0 Å². The van der Waals surface area contributed by atoms with Gasteiger partial charge in [-0.25, -0.2) is 0 Å². The number of piperazine rings is 3. The minimum absolute atomic E-state index is 0.313. The lowest BCUT2D eigenvalue weighted by Crippen LogP contribution is -2.69. The van der Waals surface area contributed by atoms with E-state index in [0.717, 1.165) is 13.1 Å². The molecule has 5 atom stereocenters. The van der Waals surface area contributed by atoms with Gasteiger partial charge in [0.15, 0.2) is 0 Å². The molecule has 0 aromatic heterocycles. The van der Waals surface area contributed by atoms with Gasteiger partial charge in [-0.3, -0.25) is 9.80 Å². The van der Waals surface area contributed by atoms with Crippen molar-refractivity contribution in [3.8, 4) is 0 Å². The average molecular weight is 170 g/mol. The van der Waals surface area contributed by atoms with E-state index in [4.69, 9.17) is 5.11 Å². The molecule has 2 bridgehead atoms. The summed E-state index contributed by atoms with van der Waals surface area (Å²) in [5.74, 6) is 0. The Hall–Kier alpha value is -0.120. The Balaban J connectivity index is 2.12. The Labute approximate surface area is 74.0 Å². The van der Waals surface area contributed by atoms with E-state index in [1.54, 1.807) is 0 Å². The second kappa shape index (κ2) is 2.98. The van der Waals surface area contributed by atoms with E-state index in [9.17, 15) is 0 Å². The number of rotatable bonds is 1. The third-order valence-corrected chi connectivity index (χ3v) is 3.57. The topological polar surface area (TPSA) is 26.7 Å². The molecule has 3 saturated heterocycles. The van der Waals surface area contributed by atoms with Crippen LogP contribution in [0.3, 0.4) is 0 Å². The number of fused-ring (bicyclic) bond motifs is 3. The van der Waals surface area contributed by atoms with Crippen LogP contribution in [0, 0.1) is 0 Å². The van der Waals surface area contributed by atoms with Gasteiger partial charge in [-0.15, -0.1) is 0 Å². The van der Waals surface area contributed by atoms with Gasteiger partial charge in [-0.1, -0.05) is 0 Å². The Bertz CT molecular complexity index is 170. The predicted molar refractivity (Wildman–Crippen MR) is 48.1 cm³/mol. The molecular weight excluding hydrogens is 152 g/mol. The highest BCUT2D eigenvalue weighted by atomic mass is 16.3. The molecule has 1 N–H and O–H groups in total. The summed E-state index contributed by atoms with van der Waals surface area (Å²) in [5, 5.41) is 9.15. The van der Waals surface area contributed by atoms with Crippen molar-refractivity contribution in [3.05, 3.63) is 0 Å². The van der Waals surface area contributed by atoms with Crippen LogP contribution >= 0.6 is 0 Å².